The van der Waals surface area contributed by atoms with Gasteiger partial charge in [-0.05, 0) is 24.6 Å². The molecule has 148 valence electrons. The lowest BCUT2D eigenvalue weighted by Gasteiger charge is -2.27. The smallest absolute Gasteiger partial charge is 0.238 e. The van der Waals surface area contributed by atoms with Crippen molar-refractivity contribution in [3.8, 4) is 5.75 Å². The van der Waals surface area contributed by atoms with E-state index in [0.717, 1.165) is 36.2 Å². The number of methoxy groups -OCH3 is 1. The SMILES string of the molecule is CCCCCC(=O)Nc1ccccc1[C@@H]1SCC(=O)N1c1ccccc1OC. The van der Waals surface area contributed by atoms with E-state index in [0.29, 0.717) is 17.9 Å². The zero-order chi connectivity index (χ0) is 19.9. The van der Waals surface area contributed by atoms with Crippen LogP contribution in [0.4, 0.5) is 11.4 Å². The summed E-state index contributed by atoms with van der Waals surface area (Å²) in [5.74, 6) is 1.09. The molecule has 1 N–H and O–H groups in total. The Kier molecular flexibility index (Phi) is 6.98. The molecule has 28 heavy (non-hydrogen) atoms. The van der Waals surface area contributed by atoms with E-state index in [1.807, 2.05) is 48.5 Å². The number of para-hydroxylation sites is 3. The van der Waals surface area contributed by atoms with Gasteiger partial charge in [-0.1, -0.05) is 50.1 Å². The van der Waals surface area contributed by atoms with Gasteiger partial charge in [0.25, 0.3) is 0 Å². The van der Waals surface area contributed by atoms with Crippen molar-refractivity contribution in [2.45, 2.75) is 38.0 Å². The zero-order valence-electron chi connectivity index (χ0n) is 16.3. The minimum atomic E-state index is -0.212. The predicted molar refractivity (Wildman–Crippen MR) is 115 cm³/mol. The van der Waals surface area contributed by atoms with Gasteiger partial charge in [-0.15, -0.1) is 11.8 Å². The van der Waals surface area contributed by atoms with Gasteiger partial charge in [0.2, 0.25) is 11.8 Å². The van der Waals surface area contributed by atoms with Crippen LogP contribution in [0.1, 0.15) is 43.5 Å². The number of hydrogen-bond acceptors (Lipinski definition) is 4. The molecule has 5 nitrogen and oxygen atoms in total. The quantitative estimate of drug-likeness (QED) is 0.636. The number of benzene rings is 2. The highest BCUT2D eigenvalue weighted by atomic mass is 32.2. The van der Waals surface area contributed by atoms with Crippen LogP contribution in [0.15, 0.2) is 48.5 Å². The third kappa shape index (κ3) is 4.50. The number of carbonyl (C=O) groups is 2. The fourth-order valence-electron chi connectivity index (χ4n) is 3.32. The summed E-state index contributed by atoms with van der Waals surface area (Å²) in [7, 11) is 1.60. The molecule has 2 amide bonds. The fraction of sp³-hybridized carbons (Fsp3) is 0.364. The average Bonchev–Trinajstić information content (AvgIpc) is 3.09. The van der Waals surface area contributed by atoms with Gasteiger partial charge in [0.15, 0.2) is 0 Å². The first-order valence-corrected chi connectivity index (χ1v) is 10.7. The molecule has 3 rings (SSSR count). The molecule has 6 heteroatoms. The molecule has 0 bridgehead atoms. The normalized spacial score (nSPS) is 16.3. The number of anilines is 2. The van der Waals surface area contributed by atoms with Gasteiger partial charge < -0.3 is 10.1 Å². The number of hydrogen-bond donors (Lipinski definition) is 1. The van der Waals surface area contributed by atoms with Crippen LogP contribution in [-0.2, 0) is 9.59 Å². The Morgan fingerprint density at radius 3 is 2.71 bits per heavy atom. The predicted octanol–water partition coefficient (Wildman–Crippen LogP) is 4.99. The number of amides is 2. The molecule has 1 heterocycles. The third-order valence-corrected chi connectivity index (χ3v) is 5.92. The second-order valence-corrected chi connectivity index (χ2v) is 7.76. The number of thioether (sulfide) groups is 1. The first-order chi connectivity index (χ1) is 13.7. The number of nitrogens with one attached hydrogen (secondary N) is 1. The van der Waals surface area contributed by atoms with E-state index in [1.54, 1.807) is 23.8 Å². The van der Waals surface area contributed by atoms with Crippen molar-refractivity contribution in [3.63, 3.8) is 0 Å². The van der Waals surface area contributed by atoms with Crippen molar-refractivity contribution in [1.82, 2.24) is 0 Å². The van der Waals surface area contributed by atoms with Crippen LogP contribution < -0.4 is 15.0 Å². The summed E-state index contributed by atoms with van der Waals surface area (Å²) in [4.78, 5) is 26.8. The van der Waals surface area contributed by atoms with Crippen molar-refractivity contribution in [2.24, 2.45) is 0 Å². The van der Waals surface area contributed by atoms with Crippen molar-refractivity contribution in [3.05, 3.63) is 54.1 Å². The Labute approximate surface area is 170 Å². The van der Waals surface area contributed by atoms with Gasteiger partial charge in [-0.3, -0.25) is 14.5 Å². The largest absolute Gasteiger partial charge is 0.495 e. The van der Waals surface area contributed by atoms with Gasteiger partial charge in [-0.25, -0.2) is 0 Å². The van der Waals surface area contributed by atoms with Crippen molar-refractivity contribution in [2.75, 3.05) is 23.1 Å². The molecule has 0 spiro atoms. The summed E-state index contributed by atoms with van der Waals surface area (Å²) in [6.45, 7) is 2.12. The highest BCUT2D eigenvalue weighted by molar-refractivity contribution is 8.00. The van der Waals surface area contributed by atoms with Crippen molar-refractivity contribution in [1.29, 1.82) is 0 Å². The van der Waals surface area contributed by atoms with Crippen LogP contribution in [0, 0.1) is 0 Å². The Balaban J connectivity index is 1.88. The number of rotatable bonds is 8. The van der Waals surface area contributed by atoms with Crippen LogP contribution in [-0.4, -0.2) is 24.7 Å². The van der Waals surface area contributed by atoms with E-state index < -0.39 is 0 Å². The van der Waals surface area contributed by atoms with E-state index in [2.05, 4.69) is 12.2 Å². The van der Waals surface area contributed by atoms with Crippen LogP contribution in [0.25, 0.3) is 0 Å². The summed E-state index contributed by atoms with van der Waals surface area (Å²) < 4.78 is 5.47. The van der Waals surface area contributed by atoms with Gasteiger partial charge in [0, 0.05) is 17.7 Å². The summed E-state index contributed by atoms with van der Waals surface area (Å²) in [6, 6.07) is 15.2. The number of carbonyl (C=O) groups excluding carboxylic acids is 2. The minimum absolute atomic E-state index is 0.0130. The zero-order valence-corrected chi connectivity index (χ0v) is 17.1. The summed E-state index contributed by atoms with van der Waals surface area (Å²) in [5.41, 5.74) is 2.43. The minimum Gasteiger partial charge on any atom is -0.495 e. The topological polar surface area (TPSA) is 58.6 Å². The van der Waals surface area contributed by atoms with E-state index in [1.165, 1.54) is 0 Å². The molecule has 0 radical (unpaired) electrons. The number of ether oxygens (including phenoxy) is 1. The highest BCUT2D eigenvalue weighted by Crippen LogP contribution is 2.46. The maximum absolute atomic E-state index is 12.7. The molecule has 0 aromatic heterocycles. The molecule has 1 aliphatic heterocycles. The van der Waals surface area contributed by atoms with Gasteiger partial charge in [0.05, 0.1) is 18.6 Å². The lowest BCUT2D eigenvalue weighted by molar-refractivity contribution is -0.116. The Bertz CT molecular complexity index is 840. The monoisotopic (exact) mass is 398 g/mol. The molecule has 0 saturated carbocycles. The second-order valence-electron chi connectivity index (χ2n) is 6.69. The lowest BCUT2D eigenvalue weighted by Crippen LogP contribution is -2.29. The Morgan fingerprint density at radius 1 is 1.18 bits per heavy atom. The first-order valence-electron chi connectivity index (χ1n) is 9.61. The van der Waals surface area contributed by atoms with Crippen LogP contribution in [0.5, 0.6) is 5.75 Å². The number of unbranched alkanes of at least 4 members (excludes halogenated alkanes) is 2. The van der Waals surface area contributed by atoms with Crippen LogP contribution in [0.3, 0.4) is 0 Å². The van der Waals surface area contributed by atoms with Crippen LogP contribution >= 0.6 is 11.8 Å². The van der Waals surface area contributed by atoms with E-state index in [-0.39, 0.29) is 17.2 Å². The summed E-state index contributed by atoms with van der Waals surface area (Å²) >= 11 is 1.56. The van der Waals surface area contributed by atoms with E-state index in [9.17, 15) is 9.59 Å². The van der Waals surface area contributed by atoms with Crippen molar-refractivity contribution < 1.29 is 14.3 Å². The second kappa shape index (κ2) is 9.64. The first kappa shape index (κ1) is 20.3. The Hall–Kier alpha value is -2.47. The summed E-state index contributed by atoms with van der Waals surface area (Å²) in [5, 5.41) is 2.83. The molecule has 0 aliphatic carbocycles. The molecule has 1 fully saturated rings. The molecule has 2 aromatic rings. The number of nitrogens with zero attached hydrogens (tertiary/aromatic N) is 1. The molecule has 1 saturated heterocycles. The van der Waals surface area contributed by atoms with E-state index >= 15 is 0 Å². The van der Waals surface area contributed by atoms with Gasteiger partial charge >= 0.3 is 0 Å². The molecule has 0 unspecified atom stereocenters. The van der Waals surface area contributed by atoms with Crippen LogP contribution in [0.2, 0.25) is 0 Å². The molecular formula is C22H26N2O3S. The van der Waals surface area contributed by atoms with Crippen molar-refractivity contribution >= 4 is 35.0 Å². The molecule has 1 atom stereocenters. The van der Waals surface area contributed by atoms with E-state index in [4.69, 9.17) is 4.74 Å². The molecule has 2 aromatic carbocycles. The molecular weight excluding hydrogens is 372 g/mol. The fourth-order valence-corrected chi connectivity index (χ4v) is 4.52. The third-order valence-electron chi connectivity index (χ3n) is 4.72. The maximum atomic E-state index is 12.7. The average molecular weight is 399 g/mol. The molecule has 1 aliphatic rings. The maximum Gasteiger partial charge on any atom is 0.238 e. The lowest BCUT2D eigenvalue weighted by atomic mass is 10.1. The van der Waals surface area contributed by atoms with Gasteiger partial charge in [-0.2, -0.15) is 0 Å². The van der Waals surface area contributed by atoms with Gasteiger partial charge in [0.1, 0.15) is 11.1 Å². The Morgan fingerprint density at radius 2 is 1.93 bits per heavy atom. The standard InChI is InChI=1S/C22H26N2O3S/c1-3-4-5-14-20(25)23-17-11-7-6-10-16(17)22-24(21(26)15-28-22)18-12-8-9-13-19(18)27-2/h6-13,22H,3-5,14-15H2,1-2H3,(H,23,25)/t22-/m0/s1. The summed E-state index contributed by atoms with van der Waals surface area (Å²) in [6.07, 6.45) is 3.52. The highest BCUT2D eigenvalue weighted by Gasteiger charge is 2.36.